The smallest absolute Gasteiger partial charge is 0.265 e. The van der Waals surface area contributed by atoms with Gasteiger partial charge >= 0.3 is 0 Å². The van der Waals surface area contributed by atoms with E-state index in [-0.39, 0.29) is 16.1 Å². The number of sulfonamides is 1. The molecule has 0 atom stereocenters. The molecule has 0 fully saturated rings. The van der Waals surface area contributed by atoms with Crippen LogP contribution >= 0.6 is 0 Å². The van der Waals surface area contributed by atoms with Gasteiger partial charge in [0, 0.05) is 19.3 Å². The number of anilines is 1. The Hall–Kier alpha value is -2.39. The fourth-order valence-corrected chi connectivity index (χ4v) is 2.63. The summed E-state index contributed by atoms with van der Waals surface area (Å²) in [5, 5.41) is 8.61. The Balaban J connectivity index is 2.27. The van der Waals surface area contributed by atoms with Gasteiger partial charge in [0.25, 0.3) is 15.9 Å². The van der Waals surface area contributed by atoms with Gasteiger partial charge < -0.3 is 11.1 Å². The van der Waals surface area contributed by atoms with E-state index in [4.69, 9.17) is 5.73 Å². The third-order valence-corrected chi connectivity index (χ3v) is 3.96. The molecule has 5 N–H and O–H groups in total. The van der Waals surface area contributed by atoms with Crippen LogP contribution in [0.3, 0.4) is 0 Å². The van der Waals surface area contributed by atoms with Gasteiger partial charge in [0.05, 0.1) is 17.4 Å². The van der Waals surface area contributed by atoms with E-state index in [1.54, 1.807) is 12.1 Å². The van der Waals surface area contributed by atoms with Crippen molar-refractivity contribution in [1.29, 1.82) is 0 Å². The van der Waals surface area contributed by atoms with Crippen molar-refractivity contribution in [2.75, 3.05) is 17.8 Å². The molecular weight excluding hydrogens is 294 g/mol. The van der Waals surface area contributed by atoms with Crippen LogP contribution in [0.4, 0.5) is 5.69 Å². The van der Waals surface area contributed by atoms with Gasteiger partial charge in [0.15, 0.2) is 0 Å². The molecule has 0 spiro atoms. The lowest BCUT2D eigenvalue weighted by molar-refractivity contribution is 0.0955. The van der Waals surface area contributed by atoms with Gasteiger partial charge in [-0.05, 0) is 12.1 Å². The van der Waals surface area contributed by atoms with Gasteiger partial charge in [-0.3, -0.25) is 14.6 Å². The van der Waals surface area contributed by atoms with E-state index in [1.165, 1.54) is 24.5 Å². The number of carbonyl (C=O) groups excluding carboxylic acids is 1. The molecule has 112 valence electrons. The fourth-order valence-electron chi connectivity index (χ4n) is 1.64. The third kappa shape index (κ3) is 3.58. The molecule has 9 heteroatoms. The third-order valence-electron chi connectivity index (χ3n) is 2.63. The molecule has 1 aromatic carbocycles. The average Bonchev–Trinajstić information content (AvgIpc) is 3.00. The van der Waals surface area contributed by atoms with Crippen molar-refractivity contribution in [3.8, 4) is 0 Å². The number of rotatable bonds is 6. The summed E-state index contributed by atoms with van der Waals surface area (Å²) in [5.41, 5.74) is 5.73. The number of nitrogens with zero attached hydrogens (tertiary/aromatic N) is 1. The molecule has 1 aromatic heterocycles. The number of hydrogen-bond acceptors (Lipinski definition) is 5. The van der Waals surface area contributed by atoms with E-state index in [9.17, 15) is 13.2 Å². The second-order valence-electron chi connectivity index (χ2n) is 4.13. The molecule has 2 aromatic rings. The number of carbonyl (C=O) groups is 1. The van der Waals surface area contributed by atoms with Crippen molar-refractivity contribution in [2.45, 2.75) is 4.90 Å². The lowest BCUT2D eigenvalue weighted by Crippen LogP contribution is -2.30. The van der Waals surface area contributed by atoms with Gasteiger partial charge in [0.1, 0.15) is 4.90 Å². The zero-order valence-electron chi connectivity index (χ0n) is 11.0. The maximum atomic E-state index is 12.1. The molecule has 2 rings (SSSR count). The maximum Gasteiger partial charge on any atom is 0.265 e. The number of nitrogens with one attached hydrogen (secondary N) is 3. The Morgan fingerprint density at radius 1 is 1.33 bits per heavy atom. The highest BCUT2D eigenvalue weighted by atomic mass is 32.2. The van der Waals surface area contributed by atoms with Crippen molar-refractivity contribution in [3.63, 3.8) is 0 Å². The first-order chi connectivity index (χ1) is 10.0. The summed E-state index contributed by atoms with van der Waals surface area (Å²) < 4.78 is 26.6. The lowest BCUT2D eigenvalue weighted by Gasteiger charge is -2.11. The van der Waals surface area contributed by atoms with E-state index < -0.39 is 15.9 Å². The zero-order valence-corrected chi connectivity index (χ0v) is 11.9. The molecule has 0 bridgehead atoms. The standard InChI is InChI=1S/C12H15N5O3S/c13-5-6-14-12(18)10-3-1-2-4-11(10)17-21(19,20)9-7-15-16-8-9/h1-4,7-8,17H,5-6,13H2,(H,14,18)(H,15,16). The van der Waals surface area contributed by atoms with Crippen LogP contribution in [-0.2, 0) is 10.0 Å². The molecule has 8 nitrogen and oxygen atoms in total. The Kier molecular flexibility index (Phi) is 4.55. The van der Waals surface area contributed by atoms with Crippen molar-refractivity contribution in [3.05, 3.63) is 42.2 Å². The monoisotopic (exact) mass is 309 g/mol. The minimum absolute atomic E-state index is 0.0142. The summed E-state index contributed by atoms with van der Waals surface area (Å²) >= 11 is 0. The maximum absolute atomic E-state index is 12.1. The molecule has 21 heavy (non-hydrogen) atoms. The Morgan fingerprint density at radius 2 is 2.10 bits per heavy atom. The normalized spacial score (nSPS) is 11.1. The van der Waals surface area contributed by atoms with Crippen LogP contribution < -0.4 is 15.8 Å². The Labute approximate surface area is 121 Å². The lowest BCUT2D eigenvalue weighted by atomic mass is 10.1. The molecule has 0 saturated carbocycles. The summed E-state index contributed by atoms with van der Waals surface area (Å²) in [6.45, 7) is 0.607. The highest BCUT2D eigenvalue weighted by Gasteiger charge is 2.19. The molecule has 0 radical (unpaired) electrons. The quantitative estimate of drug-likeness (QED) is 0.592. The van der Waals surface area contributed by atoms with E-state index in [0.29, 0.717) is 13.1 Å². The summed E-state index contributed by atoms with van der Waals surface area (Å²) in [6, 6.07) is 6.31. The number of para-hydroxylation sites is 1. The fraction of sp³-hybridized carbons (Fsp3) is 0.167. The molecular formula is C12H15N5O3S. The molecule has 0 unspecified atom stereocenters. The predicted octanol–water partition coefficient (Wildman–Crippen LogP) is -0.101. The van der Waals surface area contributed by atoms with E-state index in [0.717, 1.165) is 0 Å². The number of H-pyrrole nitrogens is 1. The topological polar surface area (TPSA) is 130 Å². The van der Waals surface area contributed by atoms with Gasteiger partial charge in [-0.15, -0.1) is 0 Å². The minimum atomic E-state index is -3.79. The summed E-state index contributed by atoms with van der Waals surface area (Å²) in [6.07, 6.45) is 2.43. The average molecular weight is 309 g/mol. The number of benzene rings is 1. The number of aromatic nitrogens is 2. The van der Waals surface area contributed by atoms with Gasteiger partial charge in [-0.25, -0.2) is 8.42 Å². The van der Waals surface area contributed by atoms with E-state index in [1.807, 2.05) is 0 Å². The van der Waals surface area contributed by atoms with Crippen LogP contribution in [0.2, 0.25) is 0 Å². The second-order valence-corrected chi connectivity index (χ2v) is 5.81. The van der Waals surface area contributed by atoms with Crippen LogP contribution in [0.25, 0.3) is 0 Å². The largest absolute Gasteiger partial charge is 0.351 e. The van der Waals surface area contributed by atoms with Gasteiger partial charge in [-0.2, -0.15) is 5.10 Å². The molecule has 0 aliphatic rings. The van der Waals surface area contributed by atoms with Crippen molar-refractivity contribution in [2.24, 2.45) is 5.73 Å². The molecule has 0 aliphatic carbocycles. The number of nitrogens with two attached hydrogens (primary N) is 1. The summed E-state index contributed by atoms with van der Waals surface area (Å²) in [7, 11) is -3.79. The van der Waals surface area contributed by atoms with E-state index in [2.05, 4.69) is 20.2 Å². The number of hydrogen-bond donors (Lipinski definition) is 4. The number of aromatic amines is 1. The Morgan fingerprint density at radius 3 is 2.76 bits per heavy atom. The van der Waals surface area contributed by atoms with Crippen LogP contribution in [0.5, 0.6) is 0 Å². The van der Waals surface area contributed by atoms with Crippen molar-refractivity contribution >= 4 is 21.6 Å². The first-order valence-corrected chi connectivity index (χ1v) is 7.62. The predicted molar refractivity (Wildman–Crippen MR) is 77.2 cm³/mol. The summed E-state index contributed by atoms with van der Waals surface area (Å²) in [4.78, 5) is 12.0. The van der Waals surface area contributed by atoms with Crippen LogP contribution in [-0.4, -0.2) is 37.6 Å². The van der Waals surface area contributed by atoms with Crippen molar-refractivity contribution < 1.29 is 13.2 Å². The highest BCUT2D eigenvalue weighted by Crippen LogP contribution is 2.19. The van der Waals surface area contributed by atoms with E-state index >= 15 is 0 Å². The zero-order chi connectivity index (χ0) is 15.3. The van der Waals surface area contributed by atoms with Crippen LogP contribution in [0.1, 0.15) is 10.4 Å². The SMILES string of the molecule is NCCNC(=O)c1ccccc1NS(=O)(=O)c1cn[nH]c1. The van der Waals surface area contributed by atoms with Crippen LogP contribution in [0.15, 0.2) is 41.6 Å². The highest BCUT2D eigenvalue weighted by molar-refractivity contribution is 7.92. The Bertz CT molecular complexity index is 712. The first kappa shape index (κ1) is 15.0. The second kappa shape index (κ2) is 6.37. The molecule has 0 saturated heterocycles. The molecule has 1 amide bonds. The van der Waals surface area contributed by atoms with Gasteiger partial charge in [0.2, 0.25) is 0 Å². The number of amides is 1. The summed E-state index contributed by atoms with van der Waals surface area (Å²) in [5.74, 6) is -0.397. The molecule has 1 heterocycles. The first-order valence-electron chi connectivity index (χ1n) is 6.13. The van der Waals surface area contributed by atoms with Crippen molar-refractivity contribution in [1.82, 2.24) is 15.5 Å². The van der Waals surface area contributed by atoms with Crippen LogP contribution in [0, 0.1) is 0 Å². The minimum Gasteiger partial charge on any atom is -0.351 e. The van der Waals surface area contributed by atoms with Gasteiger partial charge in [-0.1, -0.05) is 12.1 Å². The molecule has 0 aliphatic heterocycles.